The van der Waals surface area contributed by atoms with Crippen molar-refractivity contribution in [1.82, 2.24) is 4.57 Å². The minimum absolute atomic E-state index is 1.04. The van der Waals surface area contributed by atoms with Crippen LogP contribution < -0.4 is 14.7 Å². The minimum atomic E-state index is 1.04. The second-order valence-electron chi connectivity index (χ2n) is 15.9. The lowest BCUT2D eigenvalue weighted by Gasteiger charge is -2.31. The van der Waals surface area contributed by atoms with Gasteiger partial charge in [-0.25, -0.2) is 0 Å². The van der Waals surface area contributed by atoms with Crippen molar-refractivity contribution in [3.8, 4) is 16.8 Å². The lowest BCUT2D eigenvalue weighted by atomic mass is 10.0. The summed E-state index contributed by atoms with van der Waals surface area (Å²) in [5.41, 5.74) is 15.4. The molecule has 0 aliphatic carbocycles. The van der Waals surface area contributed by atoms with Gasteiger partial charge in [0.1, 0.15) is 0 Å². The SMILES string of the molecule is c1ccc(-c2ccc3c4cc(N(c5cccc(N(c6ccccc6)c6ccccc6)c5)c5cccc(N(c6ccccc6)c6ccccc6)c5)ccc4n(-c4ccccc4)c3c2)cc1. The summed E-state index contributed by atoms with van der Waals surface area (Å²) >= 11 is 0. The Bertz CT molecular complexity index is 3110. The number of fused-ring (bicyclic) bond motifs is 3. The predicted octanol–water partition coefficient (Wildman–Crippen LogP) is 16.9. The van der Waals surface area contributed by atoms with Crippen LogP contribution in [0.3, 0.4) is 0 Å². The molecule has 4 heteroatoms. The third kappa shape index (κ3) is 7.33. The number of para-hydroxylation sites is 5. The van der Waals surface area contributed by atoms with Crippen LogP contribution in [0.4, 0.5) is 51.2 Å². The van der Waals surface area contributed by atoms with E-state index in [4.69, 9.17) is 0 Å². The van der Waals surface area contributed by atoms with E-state index in [9.17, 15) is 0 Å². The molecule has 0 saturated heterocycles. The summed E-state index contributed by atoms with van der Waals surface area (Å²) in [4.78, 5) is 7.05. The van der Waals surface area contributed by atoms with Crippen molar-refractivity contribution in [1.29, 1.82) is 0 Å². The molecule has 0 aliphatic rings. The molecule has 10 aromatic carbocycles. The number of aromatic nitrogens is 1. The lowest BCUT2D eigenvalue weighted by molar-refractivity contribution is 1.18. The van der Waals surface area contributed by atoms with E-state index in [0.29, 0.717) is 0 Å². The number of benzene rings is 10. The van der Waals surface area contributed by atoms with Crippen LogP contribution >= 0.6 is 0 Å². The van der Waals surface area contributed by atoms with Crippen molar-refractivity contribution in [3.63, 3.8) is 0 Å². The van der Waals surface area contributed by atoms with Crippen LogP contribution in [-0.2, 0) is 0 Å². The van der Waals surface area contributed by atoms with Gasteiger partial charge in [0, 0.05) is 67.6 Å². The molecule has 0 unspecified atom stereocenters. The summed E-state index contributed by atoms with van der Waals surface area (Å²) in [5.74, 6) is 0. The molecule has 0 amide bonds. The van der Waals surface area contributed by atoms with Gasteiger partial charge in [-0.05, 0) is 132 Å². The van der Waals surface area contributed by atoms with Gasteiger partial charge in [0.25, 0.3) is 0 Å². The average molecular weight is 821 g/mol. The number of rotatable bonds is 11. The summed E-state index contributed by atoms with van der Waals surface area (Å²) in [6.45, 7) is 0. The molecule has 0 saturated carbocycles. The molecule has 0 radical (unpaired) electrons. The van der Waals surface area contributed by atoms with Gasteiger partial charge in [-0.15, -0.1) is 0 Å². The van der Waals surface area contributed by atoms with Crippen LogP contribution in [0, 0.1) is 0 Å². The average Bonchev–Trinajstić information content (AvgIpc) is 3.69. The Labute approximate surface area is 374 Å². The normalized spacial score (nSPS) is 11.1. The van der Waals surface area contributed by atoms with Crippen LogP contribution in [0.15, 0.2) is 267 Å². The van der Waals surface area contributed by atoms with E-state index < -0.39 is 0 Å². The topological polar surface area (TPSA) is 14.7 Å². The van der Waals surface area contributed by atoms with Crippen LogP contribution in [-0.4, -0.2) is 4.57 Å². The molecule has 11 aromatic rings. The molecule has 0 N–H and O–H groups in total. The summed E-state index contributed by atoms with van der Waals surface area (Å²) in [6.07, 6.45) is 0. The lowest BCUT2D eigenvalue weighted by Crippen LogP contribution is -2.14. The van der Waals surface area contributed by atoms with Crippen molar-refractivity contribution in [3.05, 3.63) is 267 Å². The second-order valence-corrected chi connectivity index (χ2v) is 15.9. The van der Waals surface area contributed by atoms with E-state index in [-0.39, 0.29) is 0 Å². The maximum absolute atomic E-state index is 2.40. The van der Waals surface area contributed by atoms with E-state index >= 15 is 0 Å². The monoisotopic (exact) mass is 820 g/mol. The fourth-order valence-electron chi connectivity index (χ4n) is 9.01. The molecule has 1 heterocycles. The summed E-state index contributed by atoms with van der Waals surface area (Å²) in [5, 5.41) is 2.38. The third-order valence-electron chi connectivity index (χ3n) is 11.9. The number of nitrogens with zero attached hydrogens (tertiary/aromatic N) is 4. The Kier molecular flexibility index (Phi) is 10.2. The molecule has 0 atom stereocenters. The summed E-state index contributed by atoms with van der Waals surface area (Å²) in [7, 11) is 0. The van der Waals surface area contributed by atoms with Gasteiger partial charge in [-0.3, -0.25) is 0 Å². The first-order valence-corrected chi connectivity index (χ1v) is 21.8. The first kappa shape index (κ1) is 38.3. The standard InChI is InChI=1S/C60H44N4/c1-7-21-45(22-8-1)46-37-39-57-58-44-56(38-40-59(58)64(60(57)41-46)51-31-17-6-18-32-51)63(54-35-19-33-52(42-54)61(47-23-9-2-10-24-47)48-25-11-3-12-26-48)55-36-20-34-53(43-55)62(49-27-13-4-14-28-49)50-29-15-5-16-30-50/h1-44H. The van der Waals surface area contributed by atoms with Crippen molar-refractivity contribution in [2.24, 2.45) is 0 Å². The van der Waals surface area contributed by atoms with E-state index in [1.807, 2.05) is 0 Å². The van der Waals surface area contributed by atoms with E-state index in [1.165, 1.54) is 21.9 Å². The maximum atomic E-state index is 2.40. The Hall–Kier alpha value is -8.60. The molecule has 64 heavy (non-hydrogen) atoms. The highest BCUT2D eigenvalue weighted by atomic mass is 15.2. The predicted molar refractivity (Wildman–Crippen MR) is 270 cm³/mol. The van der Waals surface area contributed by atoms with Crippen molar-refractivity contribution in [2.75, 3.05) is 14.7 Å². The third-order valence-corrected chi connectivity index (χ3v) is 11.9. The van der Waals surface area contributed by atoms with E-state index in [1.54, 1.807) is 0 Å². The van der Waals surface area contributed by atoms with Crippen LogP contribution in [0.5, 0.6) is 0 Å². The van der Waals surface area contributed by atoms with Crippen LogP contribution in [0.1, 0.15) is 0 Å². The highest BCUT2D eigenvalue weighted by Crippen LogP contribution is 2.45. The number of hydrogen-bond donors (Lipinski definition) is 0. The molecule has 0 bridgehead atoms. The van der Waals surface area contributed by atoms with Crippen molar-refractivity contribution in [2.45, 2.75) is 0 Å². The molecular weight excluding hydrogens is 777 g/mol. The number of anilines is 9. The molecular formula is C60H44N4. The largest absolute Gasteiger partial charge is 0.310 e. The summed E-state index contributed by atoms with van der Waals surface area (Å²) < 4.78 is 2.40. The van der Waals surface area contributed by atoms with Crippen LogP contribution in [0.2, 0.25) is 0 Å². The molecule has 304 valence electrons. The van der Waals surface area contributed by atoms with E-state index in [0.717, 1.165) is 67.9 Å². The zero-order valence-corrected chi connectivity index (χ0v) is 35.2. The van der Waals surface area contributed by atoms with Gasteiger partial charge >= 0.3 is 0 Å². The fourth-order valence-corrected chi connectivity index (χ4v) is 9.01. The molecule has 4 nitrogen and oxygen atoms in total. The van der Waals surface area contributed by atoms with E-state index in [2.05, 4.69) is 286 Å². The Balaban J connectivity index is 1.13. The second kappa shape index (κ2) is 17.0. The fraction of sp³-hybridized carbons (Fsp3) is 0. The summed E-state index contributed by atoms with van der Waals surface area (Å²) in [6, 6.07) is 95.4. The maximum Gasteiger partial charge on any atom is 0.0547 e. The Morgan fingerprint density at radius 2 is 0.594 bits per heavy atom. The Morgan fingerprint density at radius 1 is 0.219 bits per heavy atom. The van der Waals surface area contributed by atoms with Gasteiger partial charge in [0.15, 0.2) is 0 Å². The molecule has 1 aromatic heterocycles. The first-order valence-electron chi connectivity index (χ1n) is 21.8. The van der Waals surface area contributed by atoms with Crippen molar-refractivity contribution >= 4 is 73.0 Å². The van der Waals surface area contributed by atoms with Crippen LogP contribution in [0.25, 0.3) is 38.6 Å². The highest BCUT2D eigenvalue weighted by Gasteiger charge is 2.22. The zero-order chi connectivity index (χ0) is 42.7. The number of hydrogen-bond acceptors (Lipinski definition) is 3. The zero-order valence-electron chi connectivity index (χ0n) is 35.2. The molecule has 0 fully saturated rings. The van der Waals surface area contributed by atoms with Gasteiger partial charge < -0.3 is 19.3 Å². The first-order chi connectivity index (χ1) is 31.8. The highest BCUT2D eigenvalue weighted by molar-refractivity contribution is 6.11. The van der Waals surface area contributed by atoms with Gasteiger partial charge in [0.2, 0.25) is 0 Å². The molecule has 0 aliphatic heterocycles. The van der Waals surface area contributed by atoms with Gasteiger partial charge in [-0.2, -0.15) is 0 Å². The molecule has 11 rings (SSSR count). The van der Waals surface area contributed by atoms with Gasteiger partial charge in [0.05, 0.1) is 11.0 Å². The minimum Gasteiger partial charge on any atom is -0.310 e. The molecule has 0 spiro atoms. The quantitative estimate of drug-likeness (QED) is 0.129. The Morgan fingerprint density at radius 3 is 1.05 bits per heavy atom. The van der Waals surface area contributed by atoms with Crippen molar-refractivity contribution < 1.29 is 0 Å². The van der Waals surface area contributed by atoms with Gasteiger partial charge in [-0.1, -0.05) is 146 Å². The smallest absolute Gasteiger partial charge is 0.0547 e.